The van der Waals surface area contributed by atoms with E-state index in [2.05, 4.69) is 22.6 Å². The van der Waals surface area contributed by atoms with Gasteiger partial charge in [-0.1, -0.05) is 6.92 Å². The van der Waals surface area contributed by atoms with Gasteiger partial charge in [-0.05, 0) is 26.6 Å². The molecule has 0 aliphatic carbocycles. The summed E-state index contributed by atoms with van der Waals surface area (Å²) < 4.78 is 0. The molecule has 82 valence electrons. The second-order valence-corrected chi connectivity index (χ2v) is 3.92. The fourth-order valence-electron chi connectivity index (χ4n) is 1.73. The van der Waals surface area contributed by atoms with Gasteiger partial charge in [0.2, 0.25) is 5.91 Å². The van der Waals surface area contributed by atoms with E-state index in [1.54, 1.807) is 0 Å². The minimum Gasteiger partial charge on any atom is -0.352 e. The number of likely N-dealkylation sites (tertiary alicyclic amines) is 1. The number of likely N-dealkylation sites (N-methyl/N-ethyl adjacent to an activating group) is 1. The lowest BCUT2D eigenvalue weighted by Crippen LogP contribution is -2.37. The van der Waals surface area contributed by atoms with Crippen LogP contribution in [0.4, 0.5) is 0 Å². The van der Waals surface area contributed by atoms with Gasteiger partial charge in [-0.15, -0.1) is 0 Å². The van der Waals surface area contributed by atoms with Crippen molar-refractivity contribution in [2.45, 2.75) is 25.8 Å². The smallest absolute Gasteiger partial charge is 0.221 e. The highest BCUT2D eigenvalue weighted by atomic mass is 16.1. The molecule has 1 saturated heterocycles. The van der Waals surface area contributed by atoms with E-state index < -0.39 is 0 Å². The average Bonchev–Trinajstić information content (AvgIpc) is 2.52. The Balaban J connectivity index is 2.08. The van der Waals surface area contributed by atoms with Gasteiger partial charge >= 0.3 is 0 Å². The molecule has 1 atom stereocenters. The summed E-state index contributed by atoms with van der Waals surface area (Å²) in [6, 6.07) is 0.370. The van der Waals surface area contributed by atoms with Crippen molar-refractivity contribution in [1.29, 1.82) is 0 Å². The third-order valence-electron chi connectivity index (χ3n) is 2.54. The molecule has 14 heavy (non-hydrogen) atoms. The molecular weight excluding hydrogens is 178 g/mol. The molecule has 1 rings (SSSR count). The van der Waals surface area contributed by atoms with Gasteiger partial charge in [0.25, 0.3) is 0 Å². The van der Waals surface area contributed by atoms with Gasteiger partial charge in [0, 0.05) is 25.6 Å². The number of carbonyl (C=O) groups excluding carboxylic acids is 1. The molecule has 4 nitrogen and oxygen atoms in total. The minimum atomic E-state index is 0.172. The number of hydrogen-bond acceptors (Lipinski definition) is 3. The number of carbonyl (C=O) groups is 1. The molecule has 2 N–H and O–H groups in total. The quantitative estimate of drug-likeness (QED) is 0.603. The SMILES string of the molecule is CCNCCC(=O)NC1CCN(C)C1. The van der Waals surface area contributed by atoms with Gasteiger partial charge in [0.05, 0.1) is 0 Å². The molecule has 0 spiro atoms. The minimum absolute atomic E-state index is 0.172. The molecule has 1 aliphatic heterocycles. The Hall–Kier alpha value is -0.610. The van der Waals surface area contributed by atoms with Crippen LogP contribution >= 0.6 is 0 Å². The molecule has 0 aromatic rings. The molecule has 0 aromatic heterocycles. The van der Waals surface area contributed by atoms with Crippen molar-refractivity contribution >= 4 is 5.91 Å². The van der Waals surface area contributed by atoms with Crippen molar-refractivity contribution in [3.05, 3.63) is 0 Å². The molecule has 0 radical (unpaired) electrons. The first-order valence-corrected chi connectivity index (χ1v) is 5.41. The molecule has 1 unspecified atom stereocenters. The standard InChI is InChI=1S/C10H21N3O/c1-3-11-6-4-10(14)12-9-5-7-13(2)8-9/h9,11H,3-8H2,1-2H3,(H,12,14). The maximum absolute atomic E-state index is 11.4. The Labute approximate surface area is 86.0 Å². The Morgan fingerprint density at radius 2 is 2.36 bits per heavy atom. The van der Waals surface area contributed by atoms with E-state index in [4.69, 9.17) is 0 Å². The van der Waals surface area contributed by atoms with Crippen molar-refractivity contribution in [2.24, 2.45) is 0 Å². The molecule has 1 fully saturated rings. The summed E-state index contributed by atoms with van der Waals surface area (Å²) in [5.74, 6) is 0.172. The van der Waals surface area contributed by atoms with E-state index in [0.29, 0.717) is 12.5 Å². The van der Waals surface area contributed by atoms with Crippen LogP contribution in [0.3, 0.4) is 0 Å². The van der Waals surface area contributed by atoms with Gasteiger partial charge in [-0.3, -0.25) is 4.79 Å². The van der Waals surface area contributed by atoms with E-state index in [1.807, 2.05) is 6.92 Å². The van der Waals surface area contributed by atoms with Crippen LogP contribution in [0.5, 0.6) is 0 Å². The molecule has 0 saturated carbocycles. The topological polar surface area (TPSA) is 44.4 Å². The van der Waals surface area contributed by atoms with E-state index in [0.717, 1.165) is 32.6 Å². The van der Waals surface area contributed by atoms with Crippen LogP contribution < -0.4 is 10.6 Å². The molecular formula is C10H21N3O. The average molecular weight is 199 g/mol. The highest BCUT2D eigenvalue weighted by Crippen LogP contribution is 2.05. The monoisotopic (exact) mass is 199 g/mol. The molecule has 1 aliphatic rings. The normalized spacial score (nSPS) is 22.6. The van der Waals surface area contributed by atoms with Crippen LogP contribution in [0.15, 0.2) is 0 Å². The zero-order chi connectivity index (χ0) is 10.4. The second kappa shape index (κ2) is 5.98. The Kier molecular flexibility index (Phi) is 4.90. The number of rotatable bonds is 5. The summed E-state index contributed by atoms with van der Waals surface area (Å²) in [6.07, 6.45) is 1.68. The van der Waals surface area contributed by atoms with Gasteiger partial charge < -0.3 is 15.5 Å². The summed E-state index contributed by atoms with van der Waals surface area (Å²) in [7, 11) is 2.09. The van der Waals surface area contributed by atoms with Crippen LogP contribution in [0.1, 0.15) is 19.8 Å². The zero-order valence-corrected chi connectivity index (χ0v) is 9.18. The summed E-state index contributed by atoms with van der Waals surface area (Å²) in [5, 5.41) is 6.19. The van der Waals surface area contributed by atoms with Crippen LogP contribution in [0, 0.1) is 0 Å². The fourth-order valence-corrected chi connectivity index (χ4v) is 1.73. The number of nitrogens with one attached hydrogen (secondary N) is 2. The van der Waals surface area contributed by atoms with Crippen LogP contribution in [-0.4, -0.2) is 50.1 Å². The first kappa shape index (κ1) is 11.5. The molecule has 0 bridgehead atoms. The maximum Gasteiger partial charge on any atom is 0.221 e. The van der Waals surface area contributed by atoms with Crippen LogP contribution in [0.2, 0.25) is 0 Å². The second-order valence-electron chi connectivity index (χ2n) is 3.92. The Bertz CT molecular complexity index is 184. The summed E-state index contributed by atoms with van der Waals surface area (Å²) in [4.78, 5) is 13.7. The molecule has 1 amide bonds. The predicted octanol–water partition coefficient (Wildman–Crippen LogP) is -0.194. The highest BCUT2D eigenvalue weighted by Gasteiger charge is 2.20. The van der Waals surface area contributed by atoms with E-state index in [9.17, 15) is 4.79 Å². The zero-order valence-electron chi connectivity index (χ0n) is 9.18. The number of hydrogen-bond donors (Lipinski definition) is 2. The summed E-state index contributed by atoms with van der Waals surface area (Å²) in [6.45, 7) is 5.85. The van der Waals surface area contributed by atoms with Crippen molar-refractivity contribution in [3.8, 4) is 0 Å². The van der Waals surface area contributed by atoms with E-state index in [1.165, 1.54) is 0 Å². The van der Waals surface area contributed by atoms with Gasteiger partial charge in [-0.2, -0.15) is 0 Å². The lowest BCUT2D eigenvalue weighted by Gasteiger charge is -2.12. The third-order valence-corrected chi connectivity index (χ3v) is 2.54. The lowest BCUT2D eigenvalue weighted by molar-refractivity contribution is -0.121. The summed E-state index contributed by atoms with van der Waals surface area (Å²) in [5.41, 5.74) is 0. The largest absolute Gasteiger partial charge is 0.352 e. The fraction of sp³-hybridized carbons (Fsp3) is 0.900. The lowest BCUT2D eigenvalue weighted by atomic mass is 10.2. The Morgan fingerprint density at radius 3 is 2.93 bits per heavy atom. The van der Waals surface area contributed by atoms with Crippen molar-refractivity contribution in [3.63, 3.8) is 0 Å². The van der Waals surface area contributed by atoms with Crippen LogP contribution in [0.25, 0.3) is 0 Å². The maximum atomic E-state index is 11.4. The van der Waals surface area contributed by atoms with E-state index >= 15 is 0 Å². The molecule has 1 heterocycles. The molecule has 0 aromatic carbocycles. The first-order valence-electron chi connectivity index (χ1n) is 5.41. The predicted molar refractivity (Wildman–Crippen MR) is 57.2 cm³/mol. The van der Waals surface area contributed by atoms with Crippen molar-refractivity contribution in [2.75, 3.05) is 33.2 Å². The Morgan fingerprint density at radius 1 is 1.57 bits per heavy atom. The number of nitrogens with zero attached hydrogens (tertiary/aromatic N) is 1. The van der Waals surface area contributed by atoms with Crippen LogP contribution in [-0.2, 0) is 4.79 Å². The third kappa shape index (κ3) is 4.07. The van der Waals surface area contributed by atoms with Gasteiger partial charge in [-0.25, -0.2) is 0 Å². The molecule has 4 heteroatoms. The highest BCUT2D eigenvalue weighted by molar-refractivity contribution is 5.76. The number of amides is 1. The van der Waals surface area contributed by atoms with E-state index in [-0.39, 0.29) is 5.91 Å². The van der Waals surface area contributed by atoms with Crippen molar-refractivity contribution < 1.29 is 4.79 Å². The van der Waals surface area contributed by atoms with Gasteiger partial charge in [0.15, 0.2) is 0 Å². The summed E-state index contributed by atoms with van der Waals surface area (Å²) >= 11 is 0. The van der Waals surface area contributed by atoms with Crippen molar-refractivity contribution in [1.82, 2.24) is 15.5 Å². The first-order chi connectivity index (χ1) is 6.72. The van der Waals surface area contributed by atoms with Gasteiger partial charge in [0.1, 0.15) is 0 Å².